The van der Waals surface area contributed by atoms with Crippen molar-refractivity contribution in [2.45, 2.75) is 0 Å². The summed E-state index contributed by atoms with van der Waals surface area (Å²) in [7, 11) is 0. The number of hydrogen-bond donors (Lipinski definition) is 1. The molecule has 1 radical (unpaired) electrons. The van der Waals surface area contributed by atoms with Gasteiger partial charge in [-0.1, -0.05) is 103 Å². The Morgan fingerprint density at radius 3 is 1.38 bits per heavy atom. The predicted molar refractivity (Wildman–Crippen MR) is 248 cm³/mol. The van der Waals surface area contributed by atoms with Crippen molar-refractivity contribution >= 4 is 55.3 Å². The standard InChI is InChI=1S/2C24H14N3.C6H5NO2.Ir/c1-25-18-12-10-17(11-13-18)22-16-19(14-15-26-22)27-23-8-4-2-6-20(23)21-7-3-5-9-24(21)27;25-16-17-9-11-18(12-10-17)22-15-19(13-14-26-22)27-23-7-3-1-5-20(23)21-6-2-4-8-24(21)27;8-6(9)5-3-1-2-4-7-5;/h2-10,12-16H;1-11,13-15H;1-4H,(H,8,9);/q2*-1;;. The molecule has 0 aliphatic carbocycles. The van der Waals surface area contributed by atoms with E-state index < -0.39 is 5.97 Å². The van der Waals surface area contributed by atoms with Crippen molar-refractivity contribution < 1.29 is 30.0 Å². The zero-order valence-corrected chi connectivity index (χ0v) is 36.2. The second kappa shape index (κ2) is 19.0. The third-order valence-corrected chi connectivity index (χ3v) is 10.5. The van der Waals surface area contributed by atoms with Crippen LogP contribution in [0.3, 0.4) is 0 Å². The molecule has 6 aromatic carbocycles. The maximum absolute atomic E-state index is 10.1. The number of carbonyl (C=O) groups is 1. The van der Waals surface area contributed by atoms with Gasteiger partial charge in [-0.05, 0) is 65.5 Å². The predicted octanol–water partition coefficient (Wildman–Crippen LogP) is 12.5. The Kier molecular flexibility index (Phi) is 12.5. The molecule has 5 heterocycles. The molecule has 11 aromatic rings. The van der Waals surface area contributed by atoms with Gasteiger partial charge in [-0.25, -0.2) is 15.0 Å². The minimum absolute atomic E-state index is 0. The van der Waals surface area contributed by atoms with E-state index in [-0.39, 0.29) is 25.8 Å². The zero-order chi connectivity index (χ0) is 43.1. The van der Waals surface area contributed by atoms with E-state index in [0.717, 1.165) is 33.9 Å². The fourth-order valence-corrected chi connectivity index (χ4v) is 7.60. The molecule has 0 atom stereocenters. The first-order chi connectivity index (χ1) is 31.0. The van der Waals surface area contributed by atoms with Gasteiger partial charge in [0.2, 0.25) is 5.69 Å². The van der Waals surface area contributed by atoms with Crippen LogP contribution in [0.4, 0.5) is 5.69 Å². The first kappa shape index (κ1) is 42.2. The second-order valence-corrected chi connectivity index (χ2v) is 14.2. The van der Waals surface area contributed by atoms with Crippen molar-refractivity contribution in [1.29, 1.82) is 5.26 Å². The molecule has 5 aromatic heterocycles. The molecular weight excluding hydrogens is 971 g/mol. The van der Waals surface area contributed by atoms with Crippen LogP contribution < -0.4 is 0 Å². The molecule has 0 unspecified atom stereocenters. The van der Waals surface area contributed by atoms with Crippen molar-refractivity contribution in [3.8, 4) is 40.0 Å². The van der Waals surface area contributed by atoms with Crippen LogP contribution in [0.2, 0.25) is 0 Å². The van der Waals surface area contributed by atoms with Crippen LogP contribution in [-0.4, -0.2) is 35.2 Å². The molecule has 1 N–H and O–H groups in total. The Morgan fingerprint density at radius 2 is 1.02 bits per heavy atom. The summed E-state index contributed by atoms with van der Waals surface area (Å²) in [5.41, 5.74) is 11.5. The summed E-state index contributed by atoms with van der Waals surface area (Å²) >= 11 is 0. The maximum Gasteiger partial charge on any atom is 0.354 e. The molecule has 0 saturated carbocycles. The summed E-state index contributed by atoms with van der Waals surface area (Å²) in [4.78, 5) is 26.2. The Balaban J connectivity index is 0.000000145. The van der Waals surface area contributed by atoms with Crippen molar-refractivity contribution in [2.24, 2.45) is 0 Å². The molecule has 9 nitrogen and oxygen atoms in total. The van der Waals surface area contributed by atoms with E-state index in [2.05, 4.69) is 156 Å². The quantitative estimate of drug-likeness (QED) is 0.172. The van der Waals surface area contributed by atoms with Crippen molar-refractivity contribution in [3.63, 3.8) is 0 Å². The van der Waals surface area contributed by atoms with Crippen molar-refractivity contribution in [1.82, 2.24) is 24.1 Å². The minimum Gasteiger partial charge on any atom is -0.477 e. The Labute approximate surface area is 382 Å². The summed E-state index contributed by atoms with van der Waals surface area (Å²) < 4.78 is 4.53. The fraction of sp³-hybridized carbons (Fsp3) is 0. The molecule has 0 amide bonds. The van der Waals surface area contributed by atoms with Gasteiger partial charge in [0.25, 0.3) is 0 Å². The molecule has 64 heavy (non-hydrogen) atoms. The van der Waals surface area contributed by atoms with Crippen LogP contribution in [-0.2, 0) is 20.1 Å². The number of nitrogens with zero attached hydrogens (tertiary/aromatic N) is 7. The minimum atomic E-state index is -0.990. The third kappa shape index (κ3) is 8.52. The Morgan fingerprint density at radius 1 is 0.562 bits per heavy atom. The summed E-state index contributed by atoms with van der Waals surface area (Å²) in [5.74, 6) is -0.990. The van der Waals surface area contributed by atoms with Crippen molar-refractivity contribution in [3.05, 3.63) is 229 Å². The van der Waals surface area contributed by atoms with E-state index in [4.69, 9.17) is 16.9 Å². The van der Waals surface area contributed by atoms with Crippen LogP contribution in [0.25, 0.3) is 82.3 Å². The number of rotatable bonds is 5. The van der Waals surface area contributed by atoms with Gasteiger partial charge in [-0.3, -0.25) is 0 Å². The van der Waals surface area contributed by atoms with Crippen LogP contribution in [0, 0.1) is 30.0 Å². The normalized spacial score (nSPS) is 10.5. The number of aromatic carboxylic acids is 1. The number of nitriles is 1. The van der Waals surface area contributed by atoms with Crippen LogP contribution in [0.1, 0.15) is 16.1 Å². The smallest absolute Gasteiger partial charge is 0.354 e. The summed E-state index contributed by atoms with van der Waals surface area (Å²) in [6.07, 6.45) is 5.09. The SMILES string of the molecule is N#Cc1c[c-]c(-c2cc(-n3c4ccccc4c4ccccc43)ccn2)cc1.O=C(O)c1ccccn1.[C-]#[N+]c1c[c-]c(-c2cc(-n3c4ccccc4c4ccccc43)ccn2)cc1.[Ir]. The van der Waals surface area contributed by atoms with Gasteiger partial charge in [0.15, 0.2) is 0 Å². The molecule has 0 bridgehead atoms. The zero-order valence-electron chi connectivity index (χ0n) is 33.8. The topological polar surface area (TPSA) is 114 Å². The van der Waals surface area contributed by atoms with Gasteiger partial charge in [0.05, 0.1) is 22.1 Å². The first-order valence-electron chi connectivity index (χ1n) is 19.9. The largest absolute Gasteiger partial charge is 0.477 e. The van der Waals surface area contributed by atoms with Crippen LogP contribution in [0.15, 0.2) is 195 Å². The van der Waals surface area contributed by atoms with Gasteiger partial charge in [0, 0.05) is 77.7 Å². The molecule has 0 aliphatic rings. The van der Waals surface area contributed by atoms with E-state index >= 15 is 0 Å². The maximum atomic E-state index is 10.1. The first-order valence-corrected chi connectivity index (χ1v) is 19.9. The molecule has 11 rings (SSSR count). The Bertz CT molecular complexity index is 3200. The number of hydrogen-bond acceptors (Lipinski definition) is 5. The number of carboxylic acid groups (broad SMARTS) is 1. The summed E-state index contributed by atoms with van der Waals surface area (Å²) in [6, 6.07) is 65.9. The third-order valence-electron chi connectivity index (χ3n) is 10.5. The molecule has 0 fully saturated rings. The summed E-state index contributed by atoms with van der Waals surface area (Å²) in [5, 5.41) is 22.2. The van der Waals surface area contributed by atoms with Gasteiger partial charge in [-0.2, -0.15) is 4.85 Å². The fourth-order valence-electron chi connectivity index (χ4n) is 7.60. The summed E-state index contributed by atoms with van der Waals surface area (Å²) in [6.45, 7) is 7.09. The molecule has 0 saturated heterocycles. The van der Waals surface area contributed by atoms with E-state index in [0.29, 0.717) is 11.3 Å². The number of para-hydroxylation sites is 4. The molecule has 307 valence electrons. The van der Waals surface area contributed by atoms with Gasteiger partial charge in [-0.15, -0.1) is 47.5 Å². The van der Waals surface area contributed by atoms with Gasteiger partial charge >= 0.3 is 5.97 Å². The number of pyridine rings is 3. The van der Waals surface area contributed by atoms with E-state index in [1.165, 1.54) is 55.9 Å². The van der Waals surface area contributed by atoms with Gasteiger partial charge < -0.3 is 24.2 Å². The van der Waals surface area contributed by atoms with Crippen molar-refractivity contribution in [2.75, 3.05) is 0 Å². The number of benzene rings is 6. The monoisotopic (exact) mass is 1000 g/mol. The van der Waals surface area contributed by atoms with Gasteiger partial charge in [0.1, 0.15) is 12.3 Å². The van der Waals surface area contributed by atoms with Crippen LogP contribution in [0.5, 0.6) is 0 Å². The number of fused-ring (bicyclic) bond motifs is 6. The van der Waals surface area contributed by atoms with Crippen LogP contribution >= 0.6 is 0 Å². The average molecular weight is 1000 g/mol. The molecule has 10 heteroatoms. The molecule has 0 aliphatic heterocycles. The van der Waals surface area contributed by atoms with E-state index in [1.807, 2.05) is 36.7 Å². The number of aromatic nitrogens is 5. The van der Waals surface area contributed by atoms with E-state index in [1.54, 1.807) is 36.4 Å². The average Bonchev–Trinajstić information content (AvgIpc) is 3.88. The molecular formula is C54H33IrN7O2-2. The second-order valence-electron chi connectivity index (χ2n) is 14.2. The molecule has 0 spiro atoms. The number of carboxylic acids is 1. The Hall–Kier alpha value is -8.53. The van der Waals surface area contributed by atoms with E-state index in [9.17, 15) is 4.79 Å².